The van der Waals surface area contributed by atoms with Crippen LogP contribution in [-0.2, 0) is 4.79 Å². The van der Waals surface area contributed by atoms with E-state index in [2.05, 4.69) is 20.2 Å². The number of nitrogens with one attached hydrogen (secondary N) is 2. The van der Waals surface area contributed by atoms with Gasteiger partial charge < -0.3 is 20.1 Å². The molecule has 1 amide bonds. The predicted octanol–water partition coefficient (Wildman–Crippen LogP) is 2.03. The molecule has 0 unspecified atom stereocenters. The van der Waals surface area contributed by atoms with E-state index in [0.717, 1.165) is 30.5 Å². The molecular formula is C22H29N5O2. The van der Waals surface area contributed by atoms with Gasteiger partial charge in [0.2, 0.25) is 5.91 Å². The molecule has 1 aliphatic heterocycles. The molecule has 1 fully saturated rings. The molecule has 3 heterocycles. The van der Waals surface area contributed by atoms with E-state index in [4.69, 9.17) is 0 Å². The number of hydrogen-bond acceptors (Lipinski definition) is 5. The Morgan fingerprint density at radius 2 is 2.17 bits per heavy atom. The Labute approximate surface area is 171 Å². The summed E-state index contributed by atoms with van der Waals surface area (Å²) in [7, 11) is 1.85. The van der Waals surface area contributed by atoms with Crippen molar-refractivity contribution in [3.63, 3.8) is 0 Å². The van der Waals surface area contributed by atoms with Crippen LogP contribution in [0.15, 0.2) is 53.7 Å². The number of carbonyl (C=O) groups excluding carboxylic acids is 1. The fourth-order valence-corrected chi connectivity index (χ4v) is 3.81. The van der Waals surface area contributed by atoms with Crippen LogP contribution >= 0.6 is 0 Å². The van der Waals surface area contributed by atoms with Crippen molar-refractivity contribution in [2.75, 3.05) is 38.1 Å². The Kier molecular flexibility index (Phi) is 7.19. The van der Waals surface area contributed by atoms with Crippen LogP contribution in [0, 0.1) is 0 Å². The normalized spacial score (nSPS) is 16.9. The lowest BCUT2D eigenvalue weighted by atomic mass is 10.0. The molecule has 2 N–H and O–H groups in total. The largest absolute Gasteiger partial charge is 0.363 e. The summed E-state index contributed by atoms with van der Waals surface area (Å²) in [5.74, 6) is 0.0282. The lowest BCUT2D eigenvalue weighted by molar-refractivity contribution is -0.127. The second-order valence-electron chi connectivity index (χ2n) is 7.16. The lowest BCUT2D eigenvalue weighted by Gasteiger charge is -2.39. The number of pyridine rings is 2. The van der Waals surface area contributed by atoms with Gasteiger partial charge >= 0.3 is 0 Å². The summed E-state index contributed by atoms with van der Waals surface area (Å²) in [6, 6.07) is 5.90. The number of aromatic nitrogens is 2. The highest BCUT2D eigenvalue weighted by Gasteiger charge is 2.28. The van der Waals surface area contributed by atoms with Crippen LogP contribution in [0.2, 0.25) is 0 Å². The Bertz CT molecular complexity index is 894. The van der Waals surface area contributed by atoms with Gasteiger partial charge in [0.05, 0.1) is 0 Å². The quantitative estimate of drug-likeness (QED) is 0.701. The summed E-state index contributed by atoms with van der Waals surface area (Å²) < 4.78 is 0. The number of nitrogens with zero attached hydrogens (tertiary/aromatic N) is 3. The lowest BCUT2D eigenvalue weighted by Crippen LogP contribution is -2.50. The first-order valence-electron chi connectivity index (χ1n) is 10.1. The van der Waals surface area contributed by atoms with Crippen LogP contribution in [0.4, 0.5) is 5.69 Å². The summed E-state index contributed by atoms with van der Waals surface area (Å²) in [6.07, 6.45) is 10.6. The number of piperidine rings is 1. The van der Waals surface area contributed by atoms with Gasteiger partial charge in [-0.15, -0.1) is 0 Å². The average molecular weight is 396 g/mol. The highest BCUT2D eigenvalue weighted by molar-refractivity contribution is 5.87. The molecule has 0 spiro atoms. The summed E-state index contributed by atoms with van der Waals surface area (Å²) in [6.45, 7) is 4.79. The Hall–Kier alpha value is -2.93. The number of likely N-dealkylation sites (N-methyl/N-ethyl adjacent to an activating group) is 2. The summed E-state index contributed by atoms with van der Waals surface area (Å²) >= 11 is 0. The minimum Gasteiger partial charge on any atom is -0.363 e. The number of aromatic amines is 1. The maximum Gasteiger partial charge on any atom is 0.271 e. The Balaban J connectivity index is 1.82. The van der Waals surface area contributed by atoms with Gasteiger partial charge in [0, 0.05) is 62.5 Å². The van der Waals surface area contributed by atoms with E-state index < -0.39 is 0 Å². The number of hydrogen-bond donors (Lipinski definition) is 2. The van der Waals surface area contributed by atoms with E-state index in [0.29, 0.717) is 25.3 Å². The van der Waals surface area contributed by atoms with Crippen molar-refractivity contribution in [3.8, 4) is 11.1 Å². The summed E-state index contributed by atoms with van der Waals surface area (Å²) in [5.41, 5.74) is 2.48. The van der Waals surface area contributed by atoms with E-state index in [1.807, 2.05) is 43.1 Å². The van der Waals surface area contributed by atoms with Crippen LogP contribution in [0.5, 0.6) is 0 Å². The van der Waals surface area contributed by atoms with Crippen molar-refractivity contribution in [2.45, 2.75) is 25.8 Å². The molecule has 1 saturated heterocycles. The van der Waals surface area contributed by atoms with E-state index >= 15 is 0 Å². The second-order valence-corrected chi connectivity index (χ2v) is 7.16. The monoisotopic (exact) mass is 395 g/mol. The van der Waals surface area contributed by atoms with Crippen LogP contribution in [0.3, 0.4) is 0 Å². The Morgan fingerprint density at radius 3 is 2.90 bits per heavy atom. The van der Waals surface area contributed by atoms with Gasteiger partial charge in [-0.25, -0.2) is 0 Å². The standard InChI is InChI=1S/C22H29N5O2/c1-3-27(19-6-5-13-26(16-19)21(28)7-4-10-23-2)20-14-18(15-25-22(20)29)17-8-11-24-12-9-17/h4,7-9,11-12,14-15,19,23H,3,5-6,10,13,16H2,1-2H3,(H,25,29)/b7-4+/t19-/m1/s1. The van der Waals surface area contributed by atoms with Gasteiger partial charge in [0.1, 0.15) is 5.69 Å². The van der Waals surface area contributed by atoms with Gasteiger partial charge in [0.25, 0.3) is 5.56 Å². The molecule has 0 radical (unpaired) electrons. The summed E-state index contributed by atoms with van der Waals surface area (Å²) in [4.78, 5) is 36.1. The van der Waals surface area contributed by atoms with Crippen molar-refractivity contribution in [2.24, 2.45) is 0 Å². The highest BCUT2D eigenvalue weighted by Crippen LogP contribution is 2.25. The van der Waals surface area contributed by atoms with E-state index in [1.165, 1.54) is 0 Å². The zero-order valence-corrected chi connectivity index (χ0v) is 17.1. The molecule has 1 atom stereocenters. The Morgan fingerprint density at radius 1 is 1.38 bits per heavy atom. The second kappa shape index (κ2) is 10.0. The maximum atomic E-state index is 12.6. The minimum absolute atomic E-state index is 0.0282. The molecule has 0 bridgehead atoms. The summed E-state index contributed by atoms with van der Waals surface area (Å²) in [5, 5.41) is 3.00. The third-order valence-electron chi connectivity index (χ3n) is 5.28. The number of rotatable bonds is 7. The topological polar surface area (TPSA) is 81.3 Å². The van der Waals surface area contributed by atoms with Crippen LogP contribution in [0.25, 0.3) is 11.1 Å². The maximum absolute atomic E-state index is 12.6. The first-order chi connectivity index (χ1) is 14.1. The SMILES string of the molecule is CCN(c1cc(-c2ccncc2)c[nH]c1=O)[C@@H]1CCCN(C(=O)/C=C/CNC)C1. The van der Waals surface area contributed by atoms with Gasteiger partial charge in [-0.1, -0.05) is 6.08 Å². The number of H-pyrrole nitrogens is 1. The molecule has 2 aromatic rings. The third kappa shape index (κ3) is 5.12. The van der Waals surface area contributed by atoms with Crippen LogP contribution < -0.4 is 15.8 Å². The molecule has 7 heteroatoms. The molecule has 29 heavy (non-hydrogen) atoms. The van der Waals surface area contributed by atoms with Crippen molar-refractivity contribution in [3.05, 3.63) is 59.3 Å². The zero-order chi connectivity index (χ0) is 20.6. The number of anilines is 1. The minimum atomic E-state index is -0.109. The number of amides is 1. The van der Waals surface area contributed by atoms with Crippen molar-refractivity contribution in [1.29, 1.82) is 0 Å². The van der Waals surface area contributed by atoms with Gasteiger partial charge in [-0.2, -0.15) is 0 Å². The van der Waals surface area contributed by atoms with Gasteiger partial charge in [-0.3, -0.25) is 14.6 Å². The fourth-order valence-electron chi connectivity index (χ4n) is 3.81. The first-order valence-corrected chi connectivity index (χ1v) is 10.1. The van der Waals surface area contributed by atoms with Crippen molar-refractivity contribution in [1.82, 2.24) is 20.2 Å². The molecule has 154 valence electrons. The third-order valence-corrected chi connectivity index (χ3v) is 5.28. The molecule has 0 aliphatic carbocycles. The predicted molar refractivity (Wildman–Crippen MR) is 116 cm³/mol. The van der Waals surface area contributed by atoms with Crippen molar-refractivity contribution >= 4 is 11.6 Å². The number of carbonyl (C=O) groups is 1. The van der Waals surface area contributed by atoms with Gasteiger partial charge in [0.15, 0.2) is 0 Å². The number of likely N-dealkylation sites (tertiary alicyclic amines) is 1. The van der Waals surface area contributed by atoms with Crippen molar-refractivity contribution < 1.29 is 4.79 Å². The molecule has 2 aromatic heterocycles. The zero-order valence-electron chi connectivity index (χ0n) is 17.1. The molecule has 0 saturated carbocycles. The molecule has 7 nitrogen and oxygen atoms in total. The highest BCUT2D eigenvalue weighted by atomic mass is 16.2. The molecule has 0 aromatic carbocycles. The van der Waals surface area contributed by atoms with Crippen LogP contribution in [0.1, 0.15) is 19.8 Å². The molecule has 3 rings (SSSR count). The molecule has 1 aliphatic rings. The van der Waals surface area contributed by atoms with Gasteiger partial charge in [-0.05, 0) is 50.6 Å². The van der Waals surface area contributed by atoms with E-state index in [1.54, 1.807) is 24.7 Å². The van der Waals surface area contributed by atoms with E-state index in [9.17, 15) is 9.59 Å². The molecular weight excluding hydrogens is 366 g/mol. The first kappa shape index (κ1) is 20.8. The smallest absolute Gasteiger partial charge is 0.271 e. The van der Waals surface area contributed by atoms with Crippen LogP contribution in [-0.4, -0.2) is 60.0 Å². The average Bonchev–Trinajstić information content (AvgIpc) is 2.76. The van der Waals surface area contributed by atoms with E-state index in [-0.39, 0.29) is 17.5 Å². The fraction of sp³-hybridized carbons (Fsp3) is 0.409.